The van der Waals surface area contributed by atoms with E-state index in [2.05, 4.69) is 54.3 Å². The Morgan fingerprint density at radius 1 is 1.32 bits per heavy atom. The van der Waals surface area contributed by atoms with Crippen LogP contribution in [0.3, 0.4) is 0 Å². The molecule has 1 N–H and O–H groups in total. The average molecular weight is 508 g/mol. The number of aromatic nitrogens is 2. The summed E-state index contributed by atoms with van der Waals surface area (Å²) in [5.41, 5.74) is 2.06. The number of nitrogens with one attached hydrogen (secondary N) is 1. The molecule has 2 atom stereocenters. The van der Waals surface area contributed by atoms with Crippen LogP contribution in [-0.2, 0) is 0 Å². The van der Waals surface area contributed by atoms with Crippen LogP contribution < -0.4 is 10.6 Å². The highest BCUT2D eigenvalue weighted by Gasteiger charge is 2.39. The number of rotatable bonds is 5. The molecule has 3 aromatic rings. The highest BCUT2D eigenvalue weighted by molar-refractivity contribution is 14.1. The summed E-state index contributed by atoms with van der Waals surface area (Å²) in [5, 5.41) is 5.23. The van der Waals surface area contributed by atoms with Gasteiger partial charge in [-0.25, -0.2) is 9.97 Å². The summed E-state index contributed by atoms with van der Waals surface area (Å²) >= 11 is 2.08. The molecule has 0 radical (unpaired) electrons. The fourth-order valence-electron chi connectivity index (χ4n) is 3.18. The van der Waals surface area contributed by atoms with E-state index < -0.39 is 0 Å². The van der Waals surface area contributed by atoms with Crippen LogP contribution in [0.4, 0.5) is 5.82 Å². The number of carbonyl (C=O) groups excluding carboxylic acids is 1. The SMILES string of the molecule is Cc1oc2ncnc(NC3(C)CC3)c2c1C(=O)N(I)[C@@H](C)c1ccc(P)cc1. The molecule has 1 aliphatic carbocycles. The second kappa shape index (κ2) is 7.26. The van der Waals surface area contributed by atoms with Gasteiger partial charge in [0.1, 0.15) is 17.9 Å². The Kier molecular flexibility index (Phi) is 5.08. The molecule has 4 rings (SSSR count). The van der Waals surface area contributed by atoms with Gasteiger partial charge in [-0.05, 0) is 44.5 Å². The van der Waals surface area contributed by atoms with Crippen molar-refractivity contribution >= 4 is 60.2 Å². The lowest BCUT2D eigenvalue weighted by molar-refractivity contribution is 0.0861. The van der Waals surface area contributed by atoms with Gasteiger partial charge in [-0.2, -0.15) is 0 Å². The lowest BCUT2D eigenvalue weighted by Gasteiger charge is -2.23. The lowest BCUT2D eigenvalue weighted by atomic mass is 10.1. The van der Waals surface area contributed by atoms with Crippen LogP contribution >= 0.6 is 32.1 Å². The summed E-state index contributed by atoms with van der Waals surface area (Å²) in [4.78, 5) is 22.1. The summed E-state index contributed by atoms with van der Waals surface area (Å²) < 4.78 is 7.51. The lowest BCUT2D eigenvalue weighted by Crippen LogP contribution is -2.25. The summed E-state index contributed by atoms with van der Waals surface area (Å²) in [6.07, 6.45) is 3.64. The summed E-state index contributed by atoms with van der Waals surface area (Å²) in [7, 11) is 2.67. The fraction of sp³-hybridized carbons (Fsp3) is 0.350. The number of hydrogen-bond donors (Lipinski definition) is 1. The van der Waals surface area contributed by atoms with E-state index in [9.17, 15) is 4.79 Å². The maximum absolute atomic E-state index is 13.4. The van der Waals surface area contributed by atoms with Gasteiger partial charge in [0.25, 0.3) is 5.91 Å². The van der Waals surface area contributed by atoms with Crippen LogP contribution in [0.25, 0.3) is 11.1 Å². The van der Waals surface area contributed by atoms with Crippen molar-refractivity contribution in [2.75, 3.05) is 5.32 Å². The van der Waals surface area contributed by atoms with Gasteiger partial charge in [0, 0.05) is 5.54 Å². The van der Waals surface area contributed by atoms with E-state index in [4.69, 9.17) is 4.42 Å². The number of fused-ring (bicyclic) bond motifs is 1. The summed E-state index contributed by atoms with van der Waals surface area (Å²) in [6, 6.07) is 8.03. The molecule has 1 saturated carbocycles. The molecular formula is C20H22IN4O2P. The quantitative estimate of drug-likeness (QED) is 0.311. The minimum absolute atomic E-state index is 0.0317. The number of furan rings is 1. The van der Waals surface area contributed by atoms with Crippen molar-refractivity contribution in [1.82, 2.24) is 13.1 Å². The van der Waals surface area contributed by atoms with E-state index in [1.807, 2.05) is 31.2 Å². The first-order chi connectivity index (χ1) is 13.3. The Bertz CT molecular complexity index is 1050. The standard InChI is InChI=1S/C20H22IN4O2P/c1-11(13-4-6-14(28)7-5-13)25(21)19(26)15-12(2)27-18-16(15)17(22-10-23-18)24-20(3)8-9-20/h4-7,10-11H,8-9,28H2,1-3H3,(H,22,23,24)/t11-/m0/s1. The molecule has 1 fully saturated rings. The van der Waals surface area contributed by atoms with Gasteiger partial charge in [-0.1, -0.05) is 24.3 Å². The molecule has 2 aromatic heterocycles. The fourth-order valence-corrected chi connectivity index (χ4v) is 3.94. The van der Waals surface area contributed by atoms with Gasteiger partial charge in [0.15, 0.2) is 0 Å². The Balaban J connectivity index is 1.72. The molecule has 1 aliphatic rings. The molecule has 28 heavy (non-hydrogen) atoms. The molecule has 0 spiro atoms. The monoisotopic (exact) mass is 508 g/mol. The Morgan fingerprint density at radius 2 is 2.00 bits per heavy atom. The number of benzene rings is 1. The van der Waals surface area contributed by atoms with Gasteiger partial charge in [-0.15, -0.1) is 9.24 Å². The highest BCUT2D eigenvalue weighted by Crippen LogP contribution is 2.41. The largest absolute Gasteiger partial charge is 0.442 e. The third-order valence-corrected chi connectivity index (χ3v) is 6.91. The molecular weight excluding hydrogens is 486 g/mol. The third kappa shape index (κ3) is 3.62. The second-order valence-corrected chi connectivity index (χ2v) is 9.29. The Morgan fingerprint density at radius 3 is 2.64 bits per heavy atom. The van der Waals surface area contributed by atoms with Crippen LogP contribution in [0.1, 0.15) is 54.4 Å². The molecule has 1 aromatic carbocycles. The molecule has 0 bridgehead atoms. The van der Waals surface area contributed by atoms with Gasteiger partial charge in [-0.3, -0.25) is 7.91 Å². The van der Waals surface area contributed by atoms with Crippen LogP contribution in [0.15, 0.2) is 35.0 Å². The van der Waals surface area contributed by atoms with Gasteiger partial charge in [0.2, 0.25) is 5.71 Å². The van der Waals surface area contributed by atoms with Crippen LogP contribution in [0, 0.1) is 6.92 Å². The number of hydrogen-bond acceptors (Lipinski definition) is 5. The van der Waals surface area contributed by atoms with E-state index in [1.165, 1.54) is 6.33 Å². The highest BCUT2D eigenvalue weighted by atomic mass is 127. The zero-order valence-corrected chi connectivity index (χ0v) is 19.3. The molecule has 146 valence electrons. The number of carbonyl (C=O) groups is 1. The van der Waals surface area contributed by atoms with Gasteiger partial charge >= 0.3 is 0 Å². The molecule has 8 heteroatoms. The molecule has 0 saturated heterocycles. The average Bonchev–Trinajstić information content (AvgIpc) is 3.29. The van der Waals surface area contributed by atoms with E-state index in [1.54, 1.807) is 10.0 Å². The van der Waals surface area contributed by atoms with E-state index in [-0.39, 0.29) is 17.5 Å². The van der Waals surface area contributed by atoms with E-state index >= 15 is 0 Å². The molecule has 1 unspecified atom stereocenters. The number of anilines is 1. The number of halogens is 1. The summed E-state index contributed by atoms with van der Waals surface area (Å²) in [6.45, 7) is 5.97. The van der Waals surface area contributed by atoms with Crippen molar-refractivity contribution in [3.05, 3.63) is 47.5 Å². The number of nitrogens with zero attached hydrogens (tertiary/aromatic N) is 3. The Labute approximate surface area is 180 Å². The van der Waals surface area contributed by atoms with Crippen molar-refractivity contribution in [2.45, 2.75) is 45.2 Å². The van der Waals surface area contributed by atoms with Crippen LogP contribution in [0.5, 0.6) is 0 Å². The third-order valence-electron chi connectivity index (χ3n) is 5.25. The first-order valence-corrected chi connectivity index (χ1v) is 10.7. The van der Waals surface area contributed by atoms with Gasteiger partial charge < -0.3 is 9.73 Å². The number of aryl methyl sites for hydroxylation is 1. The first-order valence-electron chi connectivity index (χ1n) is 9.16. The zero-order chi connectivity index (χ0) is 20.1. The molecule has 1 amide bonds. The summed E-state index contributed by atoms with van der Waals surface area (Å²) in [5.74, 6) is 1.10. The van der Waals surface area contributed by atoms with Gasteiger partial charge in [0.05, 0.1) is 39.9 Å². The molecule has 6 nitrogen and oxygen atoms in total. The normalized spacial score (nSPS) is 16.0. The van der Waals surface area contributed by atoms with Crippen molar-refractivity contribution < 1.29 is 9.21 Å². The van der Waals surface area contributed by atoms with Crippen molar-refractivity contribution in [1.29, 1.82) is 0 Å². The zero-order valence-electron chi connectivity index (χ0n) is 16.0. The minimum atomic E-state index is -0.113. The van der Waals surface area contributed by atoms with Crippen molar-refractivity contribution in [3.8, 4) is 0 Å². The smallest absolute Gasteiger partial charge is 0.267 e. The molecule has 2 heterocycles. The topological polar surface area (TPSA) is 71.3 Å². The van der Waals surface area contributed by atoms with E-state index in [0.29, 0.717) is 28.2 Å². The van der Waals surface area contributed by atoms with E-state index in [0.717, 1.165) is 23.7 Å². The predicted octanol–water partition coefficient (Wildman–Crippen LogP) is 4.55. The van der Waals surface area contributed by atoms with Crippen LogP contribution in [0.2, 0.25) is 0 Å². The molecule has 0 aliphatic heterocycles. The van der Waals surface area contributed by atoms with Crippen molar-refractivity contribution in [3.63, 3.8) is 0 Å². The predicted molar refractivity (Wildman–Crippen MR) is 122 cm³/mol. The van der Waals surface area contributed by atoms with Crippen molar-refractivity contribution in [2.24, 2.45) is 0 Å². The maximum atomic E-state index is 13.4. The second-order valence-electron chi connectivity index (χ2n) is 7.58. The number of amides is 1. The Hall–Kier alpha value is -1.73. The first kappa shape index (κ1) is 19.6. The minimum Gasteiger partial charge on any atom is -0.442 e. The van der Waals surface area contributed by atoms with Crippen LogP contribution in [-0.4, -0.2) is 24.5 Å². The maximum Gasteiger partial charge on any atom is 0.267 e.